The van der Waals surface area contributed by atoms with Gasteiger partial charge in [0, 0.05) is 6.07 Å². The Labute approximate surface area is 102 Å². The number of pyridine rings is 1. The van der Waals surface area contributed by atoms with Crippen molar-refractivity contribution in [1.82, 2.24) is 4.98 Å². The van der Waals surface area contributed by atoms with E-state index in [1.54, 1.807) is 6.07 Å². The normalized spacial score (nSPS) is 10.2. The highest BCUT2D eigenvalue weighted by Gasteiger charge is 2.10. The highest BCUT2D eigenvalue weighted by atomic mass is 19.2. The molecule has 2 aromatic rings. The summed E-state index contributed by atoms with van der Waals surface area (Å²) in [6.45, 7) is 0. The van der Waals surface area contributed by atoms with Gasteiger partial charge in [-0.2, -0.15) is 4.39 Å². The highest BCUT2D eigenvalue weighted by Crippen LogP contribution is 2.24. The minimum atomic E-state index is -1.04. The quantitative estimate of drug-likeness (QED) is 0.849. The largest absolute Gasteiger partial charge is 0.436 e. The molecule has 1 aromatic carbocycles. The molecule has 0 aliphatic rings. The Morgan fingerprint density at radius 2 is 2.00 bits per heavy atom. The van der Waals surface area contributed by atoms with E-state index in [2.05, 4.69) is 15.3 Å². The monoisotopic (exact) mass is 252 g/mol. The van der Waals surface area contributed by atoms with Crippen molar-refractivity contribution in [3.8, 4) is 11.6 Å². The Morgan fingerprint density at radius 1 is 1.17 bits per heavy atom. The van der Waals surface area contributed by atoms with Gasteiger partial charge in [0.25, 0.3) is 0 Å². The van der Waals surface area contributed by atoms with Crippen LogP contribution in [0.15, 0.2) is 36.5 Å². The number of anilines is 1. The van der Waals surface area contributed by atoms with Crippen LogP contribution in [0, 0.1) is 11.6 Å². The molecule has 0 fully saturated rings. The molecule has 1 aromatic heterocycles. The van der Waals surface area contributed by atoms with Crippen molar-refractivity contribution in [3.05, 3.63) is 48.2 Å². The Balaban J connectivity index is 2.16. The first-order valence-electron chi connectivity index (χ1n) is 5.07. The first kappa shape index (κ1) is 12.3. The average Bonchev–Trinajstić information content (AvgIpc) is 2.38. The van der Waals surface area contributed by atoms with E-state index in [-0.39, 0.29) is 11.6 Å². The predicted octanol–water partition coefficient (Wildman–Crippen LogP) is 3.13. The predicted molar refractivity (Wildman–Crippen MR) is 61.3 cm³/mol. The lowest BCUT2D eigenvalue weighted by Crippen LogP contribution is -1.97. The topological polar surface area (TPSA) is 43.4 Å². The summed E-state index contributed by atoms with van der Waals surface area (Å²) < 4.78 is 31.4. The van der Waals surface area contributed by atoms with Crippen molar-refractivity contribution in [2.45, 2.75) is 0 Å². The number of aromatic nitrogens is 1. The van der Waals surface area contributed by atoms with Crippen molar-refractivity contribution in [2.24, 2.45) is 0 Å². The van der Waals surface area contributed by atoms with Crippen LogP contribution in [0.2, 0.25) is 0 Å². The van der Waals surface area contributed by atoms with Gasteiger partial charge in [0.15, 0.2) is 11.6 Å². The van der Waals surface area contributed by atoms with Crippen molar-refractivity contribution >= 4 is 5.69 Å². The molecule has 0 bridgehead atoms. The first-order valence-corrected chi connectivity index (χ1v) is 5.07. The van der Waals surface area contributed by atoms with Crippen LogP contribution in [0.5, 0.6) is 11.6 Å². The zero-order chi connectivity index (χ0) is 13.0. The fourth-order valence-corrected chi connectivity index (χ4v) is 1.29. The van der Waals surface area contributed by atoms with Gasteiger partial charge in [0.1, 0.15) is 0 Å². The van der Waals surface area contributed by atoms with Gasteiger partial charge in [-0.15, -0.1) is 0 Å². The Bertz CT molecular complexity index is 532. The van der Waals surface area contributed by atoms with Crippen LogP contribution in [0.4, 0.5) is 14.5 Å². The minimum absolute atomic E-state index is 0.154. The molecule has 94 valence electrons. The lowest BCUT2D eigenvalue weighted by atomic mass is 10.3. The molecule has 0 aliphatic heterocycles. The van der Waals surface area contributed by atoms with E-state index in [0.717, 1.165) is 6.07 Å². The number of hydrogen-bond acceptors (Lipinski definition) is 4. The summed E-state index contributed by atoms with van der Waals surface area (Å²) in [5.41, 5.74) is 3.18. The molecule has 0 saturated carbocycles. The van der Waals surface area contributed by atoms with E-state index in [0.29, 0.717) is 5.69 Å². The van der Waals surface area contributed by atoms with Gasteiger partial charge in [-0.3, -0.25) is 10.3 Å². The Hall–Kier alpha value is -2.21. The smallest absolute Gasteiger partial charge is 0.219 e. The standard InChI is InChI=1S/C12H10F2N2O2/c1-17-16-8-5-6-11(15-7-8)18-10-4-2-3-9(13)12(10)14/h2-7,16H,1H3. The molecule has 0 radical (unpaired) electrons. The van der Waals surface area contributed by atoms with Gasteiger partial charge >= 0.3 is 0 Å². The van der Waals surface area contributed by atoms with Gasteiger partial charge < -0.3 is 4.74 Å². The molecule has 0 saturated heterocycles. The molecule has 0 atom stereocenters. The SMILES string of the molecule is CONc1ccc(Oc2cccc(F)c2F)nc1. The van der Waals surface area contributed by atoms with Crippen molar-refractivity contribution in [3.63, 3.8) is 0 Å². The summed E-state index contributed by atoms with van der Waals surface area (Å²) >= 11 is 0. The maximum Gasteiger partial charge on any atom is 0.219 e. The lowest BCUT2D eigenvalue weighted by molar-refractivity contribution is 0.270. The van der Waals surface area contributed by atoms with E-state index < -0.39 is 11.6 Å². The molecule has 0 aliphatic carbocycles. The summed E-state index contributed by atoms with van der Waals surface area (Å²) in [7, 11) is 1.46. The molecule has 1 heterocycles. The van der Waals surface area contributed by atoms with E-state index in [1.807, 2.05) is 0 Å². The number of benzene rings is 1. The fourth-order valence-electron chi connectivity index (χ4n) is 1.29. The number of nitrogens with one attached hydrogen (secondary N) is 1. The van der Waals surface area contributed by atoms with Crippen LogP contribution >= 0.6 is 0 Å². The maximum absolute atomic E-state index is 13.3. The number of rotatable bonds is 4. The zero-order valence-corrected chi connectivity index (χ0v) is 9.48. The second-order valence-electron chi connectivity index (χ2n) is 3.35. The van der Waals surface area contributed by atoms with Crippen LogP contribution in [0.3, 0.4) is 0 Å². The highest BCUT2D eigenvalue weighted by molar-refractivity contribution is 5.40. The molecule has 2 rings (SSSR count). The van der Waals surface area contributed by atoms with Crippen LogP contribution in [0.25, 0.3) is 0 Å². The third-order valence-corrected chi connectivity index (χ3v) is 2.09. The first-order chi connectivity index (χ1) is 8.70. The fraction of sp³-hybridized carbons (Fsp3) is 0.0833. The molecule has 1 N–H and O–H groups in total. The third kappa shape index (κ3) is 2.72. The molecular formula is C12H10F2N2O2. The summed E-state index contributed by atoms with van der Waals surface area (Å²) in [5, 5.41) is 0. The summed E-state index contributed by atoms with van der Waals surface area (Å²) in [6, 6.07) is 6.83. The number of halogens is 2. The van der Waals surface area contributed by atoms with Gasteiger partial charge in [-0.25, -0.2) is 9.37 Å². The molecule has 4 nitrogen and oxygen atoms in total. The molecular weight excluding hydrogens is 242 g/mol. The summed E-state index contributed by atoms with van der Waals surface area (Å²) in [5.74, 6) is -2.07. The van der Waals surface area contributed by atoms with Crippen molar-refractivity contribution in [1.29, 1.82) is 0 Å². The molecule has 0 unspecified atom stereocenters. The minimum Gasteiger partial charge on any atom is -0.436 e. The number of hydrogen-bond donors (Lipinski definition) is 1. The lowest BCUT2D eigenvalue weighted by Gasteiger charge is -2.07. The van der Waals surface area contributed by atoms with Crippen molar-refractivity contribution < 1.29 is 18.4 Å². The Morgan fingerprint density at radius 3 is 2.67 bits per heavy atom. The van der Waals surface area contributed by atoms with Crippen molar-refractivity contribution in [2.75, 3.05) is 12.6 Å². The van der Waals surface area contributed by atoms with Crippen LogP contribution < -0.4 is 10.2 Å². The van der Waals surface area contributed by atoms with Crippen LogP contribution in [0.1, 0.15) is 0 Å². The van der Waals surface area contributed by atoms with Gasteiger partial charge in [-0.05, 0) is 18.2 Å². The molecule has 0 spiro atoms. The number of nitrogens with zero attached hydrogens (tertiary/aromatic N) is 1. The van der Waals surface area contributed by atoms with E-state index in [9.17, 15) is 8.78 Å². The summed E-state index contributed by atoms with van der Waals surface area (Å²) in [6.07, 6.45) is 1.44. The second-order valence-corrected chi connectivity index (χ2v) is 3.35. The third-order valence-electron chi connectivity index (χ3n) is 2.09. The zero-order valence-electron chi connectivity index (χ0n) is 9.48. The van der Waals surface area contributed by atoms with Gasteiger partial charge in [0.2, 0.25) is 11.7 Å². The van der Waals surface area contributed by atoms with Crippen LogP contribution in [-0.2, 0) is 4.84 Å². The van der Waals surface area contributed by atoms with E-state index in [1.165, 1.54) is 31.5 Å². The second kappa shape index (κ2) is 5.42. The maximum atomic E-state index is 13.3. The molecule has 6 heteroatoms. The number of ether oxygens (including phenoxy) is 1. The molecule has 18 heavy (non-hydrogen) atoms. The summed E-state index contributed by atoms with van der Waals surface area (Å²) in [4.78, 5) is 8.59. The Kier molecular flexibility index (Phi) is 3.69. The van der Waals surface area contributed by atoms with Gasteiger partial charge in [0.05, 0.1) is 19.0 Å². The van der Waals surface area contributed by atoms with Gasteiger partial charge in [-0.1, -0.05) is 6.07 Å². The van der Waals surface area contributed by atoms with Crippen LogP contribution in [-0.4, -0.2) is 12.1 Å². The average molecular weight is 252 g/mol. The molecule has 0 amide bonds. The van der Waals surface area contributed by atoms with E-state index in [4.69, 9.17) is 4.74 Å². The van der Waals surface area contributed by atoms with E-state index >= 15 is 0 Å².